The molecule has 0 unspecified atom stereocenters. The van der Waals surface area contributed by atoms with E-state index in [1.807, 2.05) is 60.7 Å². The molecule has 0 atom stereocenters. The normalized spacial score (nSPS) is 10.7. The Morgan fingerprint density at radius 1 is 0.667 bits per heavy atom. The second kappa shape index (κ2) is 5.93. The van der Waals surface area contributed by atoms with Gasteiger partial charge in [-0.05, 0) is 22.5 Å². The fraction of sp³-hybridized carbons (Fsp3) is 0.125. The van der Waals surface area contributed by atoms with Crippen LogP contribution in [-0.2, 0) is 13.1 Å². The van der Waals surface area contributed by atoms with E-state index < -0.39 is 0 Å². The summed E-state index contributed by atoms with van der Waals surface area (Å²) in [6.45, 7) is 0.816. The molecule has 0 aliphatic rings. The second-order valence-electron chi connectivity index (χ2n) is 4.72. The highest BCUT2D eigenvalue weighted by atomic mass is 32.1. The Kier molecular flexibility index (Phi) is 3.83. The average Bonchev–Trinajstić information content (AvgIpc) is 2.76. The van der Waals surface area contributed by atoms with Gasteiger partial charge >= 0.3 is 9.75 Å². The van der Waals surface area contributed by atoms with Gasteiger partial charge in [-0.3, -0.25) is 9.59 Å². The van der Waals surface area contributed by atoms with E-state index in [1.165, 1.54) is 9.36 Å². The topological polar surface area (TPSA) is 44.0 Å². The van der Waals surface area contributed by atoms with Crippen molar-refractivity contribution in [3.63, 3.8) is 0 Å². The van der Waals surface area contributed by atoms with E-state index in [1.54, 1.807) is 0 Å². The van der Waals surface area contributed by atoms with Crippen molar-refractivity contribution in [3.05, 3.63) is 91.1 Å². The predicted molar refractivity (Wildman–Crippen MR) is 83.9 cm³/mol. The molecule has 0 aliphatic heterocycles. The molecule has 3 aromatic rings. The Morgan fingerprint density at radius 2 is 1.05 bits per heavy atom. The van der Waals surface area contributed by atoms with Gasteiger partial charge in [0.05, 0.1) is 13.1 Å². The van der Waals surface area contributed by atoms with E-state index >= 15 is 0 Å². The van der Waals surface area contributed by atoms with E-state index in [2.05, 4.69) is 0 Å². The predicted octanol–water partition coefficient (Wildman–Crippen LogP) is 2.17. The molecule has 2 aromatic carbocycles. The molecule has 21 heavy (non-hydrogen) atoms. The van der Waals surface area contributed by atoms with E-state index in [4.69, 9.17) is 0 Å². The Hall–Kier alpha value is -2.40. The molecule has 4 nitrogen and oxygen atoms in total. The van der Waals surface area contributed by atoms with Crippen LogP contribution < -0.4 is 9.75 Å². The molecule has 1 aromatic heterocycles. The lowest BCUT2D eigenvalue weighted by atomic mass is 10.2. The van der Waals surface area contributed by atoms with Crippen molar-refractivity contribution in [2.45, 2.75) is 13.1 Å². The molecule has 1 heterocycles. The molecule has 0 spiro atoms. The van der Waals surface area contributed by atoms with Gasteiger partial charge in [-0.2, -0.15) is 0 Å². The van der Waals surface area contributed by atoms with Crippen LogP contribution in [0.5, 0.6) is 0 Å². The molecule has 0 saturated heterocycles. The highest BCUT2D eigenvalue weighted by Crippen LogP contribution is 2.04. The third-order valence-corrected chi connectivity index (χ3v) is 4.01. The second-order valence-corrected chi connectivity index (χ2v) is 5.62. The summed E-state index contributed by atoms with van der Waals surface area (Å²) in [7, 11) is 0. The van der Waals surface area contributed by atoms with E-state index in [9.17, 15) is 9.59 Å². The Bertz CT molecular complexity index is 762. The van der Waals surface area contributed by atoms with Crippen LogP contribution in [-0.4, -0.2) is 9.36 Å². The molecule has 0 N–H and O–H groups in total. The number of nitrogens with zero attached hydrogens (tertiary/aromatic N) is 2. The molecule has 3 rings (SSSR count). The molecule has 0 aliphatic carbocycles. The molecule has 106 valence electrons. The summed E-state index contributed by atoms with van der Waals surface area (Å²) < 4.78 is 3.02. The molecule has 0 radical (unpaired) electrons. The smallest absolute Gasteiger partial charge is 0.255 e. The highest BCUT2D eigenvalue weighted by molar-refractivity contribution is 7.06. The lowest BCUT2D eigenvalue weighted by Gasteiger charge is -2.10. The molecular weight excluding hydrogens is 284 g/mol. The van der Waals surface area contributed by atoms with Crippen molar-refractivity contribution in [2.24, 2.45) is 0 Å². The van der Waals surface area contributed by atoms with Gasteiger partial charge in [-0.15, -0.1) is 0 Å². The first-order valence-electron chi connectivity index (χ1n) is 6.62. The first kappa shape index (κ1) is 13.6. The molecule has 5 heteroatoms. The van der Waals surface area contributed by atoms with Crippen LogP contribution in [0.25, 0.3) is 0 Å². The Labute approximate surface area is 125 Å². The van der Waals surface area contributed by atoms with Crippen molar-refractivity contribution in [1.29, 1.82) is 0 Å². The zero-order chi connectivity index (χ0) is 14.7. The minimum atomic E-state index is -0.222. The van der Waals surface area contributed by atoms with Gasteiger partial charge in [0.15, 0.2) is 0 Å². The van der Waals surface area contributed by atoms with Gasteiger partial charge in [-0.25, -0.2) is 9.36 Å². The zero-order valence-corrected chi connectivity index (χ0v) is 12.1. The standard InChI is InChI=1S/C16H14N2O2S/c19-15-17(11-13-7-3-1-4-8-13)18(16(20)21-15)12-14-9-5-2-6-10-14/h1-10H,11-12H2. The molecule has 0 fully saturated rings. The highest BCUT2D eigenvalue weighted by Gasteiger charge is 2.10. The van der Waals surface area contributed by atoms with Crippen molar-refractivity contribution in [2.75, 3.05) is 0 Å². The van der Waals surface area contributed by atoms with Crippen LogP contribution in [0.2, 0.25) is 0 Å². The van der Waals surface area contributed by atoms with Crippen LogP contribution in [0, 0.1) is 0 Å². The minimum absolute atomic E-state index is 0.222. The molecule has 0 saturated carbocycles. The van der Waals surface area contributed by atoms with Crippen molar-refractivity contribution in [3.8, 4) is 0 Å². The van der Waals surface area contributed by atoms with Gasteiger partial charge in [-0.1, -0.05) is 60.7 Å². The maximum atomic E-state index is 12.0. The van der Waals surface area contributed by atoms with Crippen LogP contribution in [0.15, 0.2) is 70.3 Å². The largest absolute Gasteiger partial charge is 0.327 e. The molecular formula is C16H14N2O2S. The fourth-order valence-electron chi connectivity index (χ4n) is 2.19. The Morgan fingerprint density at radius 3 is 1.43 bits per heavy atom. The summed E-state index contributed by atoms with van der Waals surface area (Å²) in [5, 5.41) is 0. The summed E-state index contributed by atoms with van der Waals surface area (Å²) in [6, 6.07) is 19.3. The van der Waals surface area contributed by atoms with Crippen molar-refractivity contribution >= 4 is 11.3 Å². The Balaban J connectivity index is 1.97. The van der Waals surface area contributed by atoms with E-state index in [0.29, 0.717) is 13.1 Å². The monoisotopic (exact) mass is 298 g/mol. The number of hydrogen-bond acceptors (Lipinski definition) is 3. The fourth-order valence-corrected chi connectivity index (χ4v) is 2.88. The van der Waals surface area contributed by atoms with Gasteiger partial charge in [0.2, 0.25) is 0 Å². The lowest BCUT2D eigenvalue weighted by Crippen LogP contribution is -2.27. The maximum Gasteiger partial charge on any atom is 0.327 e. The van der Waals surface area contributed by atoms with Gasteiger partial charge < -0.3 is 0 Å². The molecule has 0 amide bonds. The third kappa shape index (κ3) is 3.03. The van der Waals surface area contributed by atoms with Crippen molar-refractivity contribution in [1.82, 2.24) is 9.36 Å². The first-order valence-corrected chi connectivity index (χ1v) is 7.44. The van der Waals surface area contributed by atoms with Crippen LogP contribution in [0.1, 0.15) is 11.1 Å². The first-order chi connectivity index (χ1) is 10.2. The average molecular weight is 298 g/mol. The van der Waals surface area contributed by atoms with Crippen LogP contribution in [0.4, 0.5) is 0 Å². The van der Waals surface area contributed by atoms with Crippen molar-refractivity contribution < 1.29 is 0 Å². The van der Waals surface area contributed by atoms with Crippen LogP contribution in [0.3, 0.4) is 0 Å². The number of hydrogen-bond donors (Lipinski definition) is 0. The summed E-state index contributed by atoms with van der Waals surface area (Å²) in [6.07, 6.45) is 0. The third-order valence-electron chi connectivity index (χ3n) is 3.24. The van der Waals surface area contributed by atoms with E-state index in [0.717, 1.165) is 22.5 Å². The quantitative estimate of drug-likeness (QED) is 0.741. The number of rotatable bonds is 4. The summed E-state index contributed by atoms with van der Waals surface area (Å²) in [5.74, 6) is 0. The minimum Gasteiger partial charge on any atom is -0.255 e. The number of aromatic nitrogens is 2. The van der Waals surface area contributed by atoms with Gasteiger partial charge in [0.1, 0.15) is 0 Å². The summed E-state index contributed by atoms with van der Waals surface area (Å²) in [5.41, 5.74) is 2.00. The summed E-state index contributed by atoms with van der Waals surface area (Å²) in [4.78, 5) is 23.6. The molecule has 0 bridgehead atoms. The summed E-state index contributed by atoms with van der Waals surface area (Å²) >= 11 is 0.749. The zero-order valence-electron chi connectivity index (χ0n) is 11.3. The van der Waals surface area contributed by atoms with Gasteiger partial charge in [0.25, 0.3) is 0 Å². The lowest BCUT2D eigenvalue weighted by molar-refractivity contribution is 0.490. The van der Waals surface area contributed by atoms with E-state index in [-0.39, 0.29) is 9.75 Å². The van der Waals surface area contributed by atoms with Gasteiger partial charge in [0, 0.05) is 0 Å². The SMILES string of the molecule is O=c1sc(=O)n(Cc2ccccc2)n1Cc1ccccc1. The number of benzene rings is 2. The maximum absolute atomic E-state index is 12.0. The van der Waals surface area contributed by atoms with Crippen LogP contribution >= 0.6 is 11.3 Å².